The summed E-state index contributed by atoms with van der Waals surface area (Å²) in [6.45, 7) is 0. The van der Waals surface area contributed by atoms with Crippen molar-refractivity contribution in [3.63, 3.8) is 0 Å². The maximum atomic E-state index is 3.56. The first-order chi connectivity index (χ1) is 8.81. The van der Waals surface area contributed by atoms with Gasteiger partial charge in [0.25, 0.3) is 0 Å². The first-order valence-electron chi connectivity index (χ1n) is 6.62. The number of aryl methyl sites for hydroxylation is 1. The average molecular weight is 301 g/mol. The summed E-state index contributed by atoms with van der Waals surface area (Å²) in [4.78, 5) is 0. The van der Waals surface area contributed by atoms with Gasteiger partial charge >= 0.3 is 0 Å². The highest BCUT2D eigenvalue weighted by atomic mass is 79.9. The van der Waals surface area contributed by atoms with E-state index in [1.54, 1.807) is 5.56 Å². The summed E-state index contributed by atoms with van der Waals surface area (Å²) < 4.78 is 1.21. The van der Waals surface area contributed by atoms with E-state index in [1.807, 2.05) is 0 Å². The fraction of sp³-hybridized carbons (Fsp3) is 0.294. The van der Waals surface area contributed by atoms with Crippen LogP contribution in [0.4, 0.5) is 0 Å². The maximum absolute atomic E-state index is 3.56. The Labute approximate surface area is 117 Å². The van der Waals surface area contributed by atoms with Crippen molar-refractivity contribution in [1.29, 1.82) is 0 Å². The molecule has 0 saturated heterocycles. The van der Waals surface area contributed by atoms with E-state index < -0.39 is 0 Å². The molecule has 92 valence electrons. The van der Waals surface area contributed by atoms with E-state index in [2.05, 4.69) is 64.5 Å². The highest BCUT2D eigenvalue weighted by Crippen LogP contribution is 2.29. The number of rotatable bonds is 2. The zero-order chi connectivity index (χ0) is 12.4. The summed E-state index contributed by atoms with van der Waals surface area (Å²) in [6.07, 6.45) is 5.00. The van der Waals surface area contributed by atoms with Crippen LogP contribution in [-0.2, 0) is 19.3 Å². The summed E-state index contributed by atoms with van der Waals surface area (Å²) in [7, 11) is 0. The third kappa shape index (κ3) is 2.67. The predicted molar refractivity (Wildman–Crippen MR) is 79.8 cm³/mol. The number of hydrogen-bond acceptors (Lipinski definition) is 0. The smallest absolute Gasteiger partial charge is 0.0178 e. The quantitative estimate of drug-likeness (QED) is 0.747. The van der Waals surface area contributed by atoms with E-state index in [1.165, 1.54) is 41.3 Å². The Morgan fingerprint density at radius 2 is 1.83 bits per heavy atom. The van der Waals surface area contributed by atoms with E-state index in [9.17, 15) is 0 Å². The maximum Gasteiger partial charge on any atom is 0.0178 e. The van der Waals surface area contributed by atoms with Gasteiger partial charge in [-0.2, -0.15) is 0 Å². The van der Waals surface area contributed by atoms with Crippen molar-refractivity contribution >= 4 is 15.9 Å². The van der Waals surface area contributed by atoms with Crippen LogP contribution in [0.5, 0.6) is 0 Å². The summed E-state index contributed by atoms with van der Waals surface area (Å²) in [6, 6.07) is 17.6. The molecular weight excluding hydrogens is 284 g/mol. The molecule has 1 atom stereocenters. The lowest BCUT2D eigenvalue weighted by atomic mass is 9.81. The molecule has 0 amide bonds. The Hall–Kier alpha value is -1.08. The predicted octanol–water partition coefficient (Wildman–Crippen LogP) is 4.80. The second-order valence-electron chi connectivity index (χ2n) is 5.21. The fourth-order valence-electron chi connectivity index (χ4n) is 2.92. The third-order valence-corrected chi connectivity index (χ3v) is 4.36. The van der Waals surface area contributed by atoms with Crippen LogP contribution >= 0.6 is 15.9 Å². The van der Waals surface area contributed by atoms with Crippen LogP contribution in [-0.4, -0.2) is 0 Å². The van der Waals surface area contributed by atoms with Crippen molar-refractivity contribution in [2.45, 2.75) is 25.7 Å². The molecule has 0 radical (unpaired) electrons. The van der Waals surface area contributed by atoms with Gasteiger partial charge in [0.1, 0.15) is 0 Å². The molecule has 2 aromatic rings. The van der Waals surface area contributed by atoms with E-state index in [4.69, 9.17) is 0 Å². The summed E-state index contributed by atoms with van der Waals surface area (Å²) in [5.41, 5.74) is 4.56. The van der Waals surface area contributed by atoms with Crippen molar-refractivity contribution in [3.05, 3.63) is 69.7 Å². The largest absolute Gasteiger partial charge is 0.0622 e. The van der Waals surface area contributed by atoms with E-state index in [-0.39, 0.29) is 0 Å². The molecule has 0 bridgehead atoms. The van der Waals surface area contributed by atoms with Gasteiger partial charge in [-0.3, -0.25) is 0 Å². The van der Waals surface area contributed by atoms with Gasteiger partial charge in [-0.15, -0.1) is 0 Å². The van der Waals surface area contributed by atoms with Gasteiger partial charge in [0, 0.05) is 4.47 Å². The highest BCUT2D eigenvalue weighted by molar-refractivity contribution is 9.10. The van der Waals surface area contributed by atoms with Gasteiger partial charge in [-0.25, -0.2) is 0 Å². The van der Waals surface area contributed by atoms with E-state index in [0.717, 1.165) is 5.92 Å². The van der Waals surface area contributed by atoms with E-state index >= 15 is 0 Å². The molecule has 3 rings (SSSR count). The Morgan fingerprint density at radius 1 is 1.00 bits per heavy atom. The van der Waals surface area contributed by atoms with Gasteiger partial charge in [-0.1, -0.05) is 52.3 Å². The van der Waals surface area contributed by atoms with Crippen LogP contribution in [0, 0.1) is 5.92 Å². The molecule has 2 aromatic carbocycles. The zero-order valence-corrected chi connectivity index (χ0v) is 12.0. The number of benzene rings is 2. The van der Waals surface area contributed by atoms with Gasteiger partial charge in [-0.05, 0) is 60.4 Å². The van der Waals surface area contributed by atoms with Crippen molar-refractivity contribution in [1.82, 2.24) is 0 Å². The van der Waals surface area contributed by atoms with Crippen LogP contribution in [0.1, 0.15) is 23.1 Å². The number of halogens is 1. The minimum atomic E-state index is 0.807. The lowest BCUT2D eigenvalue weighted by Crippen LogP contribution is -2.16. The highest BCUT2D eigenvalue weighted by Gasteiger charge is 2.18. The summed E-state index contributed by atoms with van der Waals surface area (Å²) in [5.74, 6) is 0.807. The molecular formula is C17H17Br. The molecule has 0 N–H and O–H groups in total. The number of fused-ring (bicyclic) bond motifs is 1. The molecule has 1 unspecified atom stereocenters. The van der Waals surface area contributed by atoms with Crippen LogP contribution in [0.2, 0.25) is 0 Å². The molecule has 1 aliphatic carbocycles. The summed E-state index contributed by atoms with van der Waals surface area (Å²) in [5, 5.41) is 0. The fourth-order valence-corrected chi connectivity index (χ4v) is 3.33. The Kier molecular flexibility index (Phi) is 3.51. The average Bonchev–Trinajstić information content (AvgIpc) is 2.40. The van der Waals surface area contributed by atoms with Crippen LogP contribution in [0.25, 0.3) is 0 Å². The van der Waals surface area contributed by atoms with Crippen LogP contribution < -0.4 is 0 Å². The second kappa shape index (κ2) is 5.27. The monoisotopic (exact) mass is 300 g/mol. The Balaban J connectivity index is 1.73. The van der Waals surface area contributed by atoms with Crippen molar-refractivity contribution < 1.29 is 0 Å². The molecule has 0 saturated carbocycles. The van der Waals surface area contributed by atoms with Crippen LogP contribution in [0.15, 0.2) is 53.0 Å². The molecule has 0 spiro atoms. The second-order valence-corrected chi connectivity index (χ2v) is 6.13. The lowest BCUT2D eigenvalue weighted by molar-refractivity contribution is 0.456. The van der Waals surface area contributed by atoms with Crippen molar-refractivity contribution in [3.8, 4) is 0 Å². The minimum Gasteiger partial charge on any atom is -0.0622 e. The van der Waals surface area contributed by atoms with Gasteiger partial charge in [0.15, 0.2) is 0 Å². The molecule has 0 fully saturated rings. The Bertz CT molecular complexity index is 531. The normalized spacial score (nSPS) is 18.4. The lowest BCUT2D eigenvalue weighted by Gasteiger charge is -2.24. The first-order valence-corrected chi connectivity index (χ1v) is 7.42. The molecule has 0 heterocycles. The van der Waals surface area contributed by atoms with Gasteiger partial charge in [0.05, 0.1) is 0 Å². The van der Waals surface area contributed by atoms with Crippen molar-refractivity contribution in [2.75, 3.05) is 0 Å². The molecule has 1 aliphatic rings. The van der Waals surface area contributed by atoms with Crippen LogP contribution in [0.3, 0.4) is 0 Å². The molecule has 18 heavy (non-hydrogen) atoms. The SMILES string of the molecule is Brc1ccc2c(c1)CCC(Cc1ccccc1)C2. The first kappa shape index (κ1) is 12.0. The summed E-state index contributed by atoms with van der Waals surface area (Å²) >= 11 is 3.56. The van der Waals surface area contributed by atoms with Gasteiger partial charge < -0.3 is 0 Å². The molecule has 0 aliphatic heterocycles. The third-order valence-electron chi connectivity index (χ3n) is 3.87. The van der Waals surface area contributed by atoms with E-state index in [0.29, 0.717) is 0 Å². The molecule has 0 aromatic heterocycles. The number of hydrogen-bond donors (Lipinski definition) is 0. The molecule has 0 nitrogen and oxygen atoms in total. The standard InChI is InChI=1S/C17H17Br/c18-17-9-8-15-11-14(6-7-16(15)12-17)10-13-4-2-1-3-5-13/h1-5,8-9,12,14H,6-7,10-11H2. The topological polar surface area (TPSA) is 0 Å². The molecule has 1 heteroatoms. The van der Waals surface area contributed by atoms with Crippen molar-refractivity contribution in [2.24, 2.45) is 5.92 Å². The zero-order valence-electron chi connectivity index (χ0n) is 10.4. The minimum absolute atomic E-state index is 0.807. The van der Waals surface area contributed by atoms with Gasteiger partial charge in [0.2, 0.25) is 0 Å². The Morgan fingerprint density at radius 3 is 2.67 bits per heavy atom.